The molecule has 2 atom stereocenters. The molecule has 1 heterocycles. The first-order valence-electron chi connectivity index (χ1n) is 2.27. The molecule has 1 unspecified atom stereocenters. The summed E-state index contributed by atoms with van der Waals surface area (Å²) >= 11 is 0. The van der Waals surface area contributed by atoms with Crippen LogP contribution in [0.25, 0.3) is 0 Å². The number of hydrogen-bond donors (Lipinski definition) is 1. The van der Waals surface area contributed by atoms with E-state index in [-0.39, 0.29) is 6.10 Å². The molecule has 1 N–H and O–H groups in total. The van der Waals surface area contributed by atoms with Gasteiger partial charge in [-0.3, -0.25) is 0 Å². The van der Waals surface area contributed by atoms with E-state index in [1.165, 1.54) is 6.08 Å². The minimum Gasteiger partial charge on any atom is -0.386 e. The van der Waals surface area contributed by atoms with Crippen molar-refractivity contribution in [1.29, 1.82) is 0 Å². The van der Waals surface area contributed by atoms with Gasteiger partial charge in [-0.2, -0.15) is 0 Å². The van der Waals surface area contributed by atoms with E-state index in [1.54, 1.807) is 0 Å². The van der Waals surface area contributed by atoms with Crippen LogP contribution in [0, 0.1) is 0 Å². The highest BCUT2D eigenvalue weighted by atomic mass is 16.6. The van der Waals surface area contributed by atoms with Crippen molar-refractivity contribution in [1.82, 2.24) is 0 Å². The highest BCUT2D eigenvalue weighted by molar-refractivity contribution is 4.90. The smallest absolute Gasteiger partial charge is 0.110 e. The standard InChI is InChI=1S/C5H8O2/c1-2-4(6)5-3-7-5/h2,4-6H,1,3H2/t4?,5-/m1/s1. The Morgan fingerprint density at radius 2 is 2.57 bits per heavy atom. The summed E-state index contributed by atoms with van der Waals surface area (Å²) in [6, 6.07) is 0. The summed E-state index contributed by atoms with van der Waals surface area (Å²) in [6.07, 6.45) is 1.09. The van der Waals surface area contributed by atoms with Gasteiger partial charge in [0.1, 0.15) is 12.2 Å². The molecule has 0 aromatic rings. The van der Waals surface area contributed by atoms with Crippen molar-refractivity contribution in [2.45, 2.75) is 12.2 Å². The molecular formula is C5H8O2. The van der Waals surface area contributed by atoms with Gasteiger partial charge in [-0.15, -0.1) is 6.58 Å². The first-order valence-corrected chi connectivity index (χ1v) is 2.27. The summed E-state index contributed by atoms with van der Waals surface area (Å²) in [7, 11) is 0. The van der Waals surface area contributed by atoms with Crippen molar-refractivity contribution in [2.75, 3.05) is 6.61 Å². The van der Waals surface area contributed by atoms with Crippen molar-refractivity contribution in [3.8, 4) is 0 Å². The Morgan fingerprint density at radius 1 is 2.00 bits per heavy atom. The molecule has 2 nitrogen and oxygen atoms in total. The van der Waals surface area contributed by atoms with Crippen molar-refractivity contribution in [3.63, 3.8) is 0 Å². The lowest BCUT2D eigenvalue weighted by Crippen LogP contribution is -2.09. The number of epoxide rings is 1. The number of aliphatic hydroxyl groups is 1. The molecule has 1 aliphatic rings. The average molecular weight is 100 g/mol. The molecule has 0 amide bonds. The van der Waals surface area contributed by atoms with E-state index in [4.69, 9.17) is 9.84 Å². The first kappa shape index (κ1) is 4.81. The van der Waals surface area contributed by atoms with E-state index < -0.39 is 6.10 Å². The molecule has 0 aromatic carbocycles. The zero-order chi connectivity index (χ0) is 5.28. The van der Waals surface area contributed by atoms with Gasteiger partial charge in [0, 0.05) is 0 Å². The number of hydrogen-bond acceptors (Lipinski definition) is 2. The topological polar surface area (TPSA) is 32.8 Å². The average Bonchev–Trinajstić information content (AvgIpc) is 2.44. The van der Waals surface area contributed by atoms with Crippen molar-refractivity contribution in [3.05, 3.63) is 12.7 Å². The molecule has 1 fully saturated rings. The van der Waals surface area contributed by atoms with Gasteiger partial charge < -0.3 is 9.84 Å². The van der Waals surface area contributed by atoms with Gasteiger partial charge in [-0.25, -0.2) is 0 Å². The second-order valence-electron chi connectivity index (χ2n) is 1.60. The van der Waals surface area contributed by atoms with E-state index in [9.17, 15) is 0 Å². The molecule has 40 valence electrons. The first-order chi connectivity index (χ1) is 3.34. The van der Waals surface area contributed by atoms with Crippen LogP contribution >= 0.6 is 0 Å². The molecular weight excluding hydrogens is 92.1 g/mol. The minimum atomic E-state index is -0.444. The molecule has 0 spiro atoms. The number of ether oxygens (including phenoxy) is 1. The summed E-state index contributed by atoms with van der Waals surface area (Å²) in [5.74, 6) is 0. The maximum absolute atomic E-state index is 8.75. The van der Waals surface area contributed by atoms with Crippen LogP contribution in [-0.2, 0) is 4.74 Å². The number of aliphatic hydroxyl groups excluding tert-OH is 1. The summed E-state index contributed by atoms with van der Waals surface area (Å²) < 4.78 is 4.74. The summed E-state index contributed by atoms with van der Waals surface area (Å²) in [5.41, 5.74) is 0. The summed E-state index contributed by atoms with van der Waals surface area (Å²) in [6.45, 7) is 4.08. The lowest BCUT2D eigenvalue weighted by atomic mass is 10.3. The van der Waals surface area contributed by atoms with Crippen molar-refractivity contribution < 1.29 is 9.84 Å². The lowest BCUT2D eigenvalue weighted by molar-refractivity contribution is 0.178. The van der Waals surface area contributed by atoms with Gasteiger partial charge in [0.05, 0.1) is 6.61 Å². The molecule has 7 heavy (non-hydrogen) atoms. The molecule has 2 heteroatoms. The van der Waals surface area contributed by atoms with Crippen molar-refractivity contribution >= 4 is 0 Å². The molecule has 0 radical (unpaired) electrons. The highest BCUT2D eigenvalue weighted by Crippen LogP contribution is 2.13. The second kappa shape index (κ2) is 1.64. The van der Waals surface area contributed by atoms with Gasteiger partial charge in [0.15, 0.2) is 0 Å². The second-order valence-corrected chi connectivity index (χ2v) is 1.60. The van der Waals surface area contributed by atoms with Crippen LogP contribution in [0.1, 0.15) is 0 Å². The summed E-state index contributed by atoms with van der Waals surface area (Å²) in [5, 5.41) is 8.75. The van der Waals surface area contributed by atoms with E-state index in [2.05, 4.69) is 6.58 Å². The minimum absolute atomic E-state index is 0.0532. The van der Waals surface area contributed by atoms with Gasteiger partial charge in [-0.1, -0.05) is 6.08 Å². The van der Waals surface area contributed by atoms with Gasteiger partial charge in [0.2, 0.25) is 0 Å². The van der Waals surface area contributed by atoms with Crippen LogP contribution in [0.2, 0.25) is 0 Å². The summed E-state index contributed by atoms with van der Waals surface area (Å²) in [4.78, 5) is 0. The van der Waals surface area contributed by atoms with E-state index in [0.29, 0.717) is 6.61 Å². The highest BCUT2D eigenvalue weighted by Gasteiger charge is 2.28. The Hall–Kier alpha value is -0.340. The predicted octanol–water partition coefficient (Wildman–Crippen LogP) is -0.0679. The van der Waals surface area contributed by atoms with E-state index >= 15 is 0 Å². The quantitative estimate of drug-likeness (QED) is 0.389. The zero-order valence-corrected chi connectivity index (χ0v) is 4.00. The van der Waals surface area contributed by atoms with E-state index in [0.717, 1.165) is 0 Å². The Bertz CT molecular complexity index is 76.1. The monoisotopic (exact) mass is 100 g/mol. The molecule has 0 aliphatic carbocycles. The normalized spacial score (nSPS) is 31.9. The SMILES string of the molecule is C=CC(O)[C@H]1CO1. The fourth-order valence-electron chi connectivity index (χ4n) is 0.405. The molecule has 0 aromatic heterocycles. The van der Waals surface area contributed by atoms with Gasteiger partial charge in [-0.05, 0) is 0 Å². The Balaban J connectivity index is 2.22. The predicted molar refractivity (Wildman–Crippen MR) is 25.9 cm³/mol. The molecule has 0 saturated carbocycles. The Kier molecular flexibility index (Phi) is 1.13. The van der Waals surface area contributed by atoms with Gasteiger partial charge in [0.25, 0.3) is 0 Å². The Labute approximate surface area is 42.4 Å². The van der Waals surface area contributed by atoms with Crippen LogP contribution in [0.3, 0.4) is 0 Å². The third-order valence-corrected chi connectivity index (χ3v) is 0.982. The molecule has 1 saturated heterocycles. The third-order valence-electron chi connectivity index (χ3n) is 0.982. The fourth-order valence-corrected chi connectivity index (χ4v) is 0.405. The van der Waals surface area contributed by atoms with Crippen molar-refractivity contribution in [2.24, 2.45) is 0 Å². The van der Waals surface area contributed by atoms with Gasteiger partial charge >= 0.3 is 0 Å². The lowest BCUT2D eigenvalue weighted by Gasteiger charge is -1.93. The van der Waals surface area contributed by atoms with Crippen LogP contribution in [-0.4, -0.2) is 23.9 Å². The zero-order valence-electron chi connectivity index (χ0n) is 4.00. The maximum Gasteiger partial charge on any atom is 0.110 e. The van der Waals surface area contributed by atoms with Crippen LogP contribution in [0.4, 0.5) is 0 Å². The van der Waals surface area contributed by atoms with Crippen LogP contribution in [0.15, 0.2) is 12.7 Å². The maximum atomic E-state index is 8.75. The van der Waals surface area contributed by atoms with E-state index in [1.807, 2.05) is 0 Å². The van der Waals surface area contributed by atoms with Crippen LogP contribution < -0.4 is 0 Å². The molecule has 1 aliphatic heterocycles. The molecule has 0 bridgehead atoms. The third kappa shape index (κ3) is 1.01. The fraction of sp³-hybridized carbons (Fsp3) is 0.600. The largest absolute Gasteiger partial charge is 0.386 e. The number of rotatable bonds is 2. The van der Waals surface area contributed by atoms with Crippen LogP contribution in [0.5, 0.6) is 0 Å². The Morgan fingerprint density at radius 3 is 2.71 bits per heavy atom. The molecule has 1 rings (SSSR count).